The van der Waals surface area contributed by atoms with Gasteiger partial charge in [0, 0.05) is 38.2 Å². The third-order valence-electron chi connectivity index (χ3n) is 10.6. The predicted octanol–water partition coefficient (Wildman–Crippen LogP) is 12.9. The van der Waals surface area contributed by atoms with Gasteiger partial charge in [-0.15, -0.1) is 0 Å². The molecule has 0 atom stereocenters. The highest BCUT2D eigenvalue weighted by Gasteiger charge is 2.26. The molecular weight excluding hydrogens is 605 g/mol. The number of hydrogen-bond donors (Lipinski definition) is 0. The molecule has 0 aliphatic heterocycles. The summed E-state index contributed by atoms with van der Waals surface area (Å²) in [5.74, 6) is 0. The lowest BCUT2D eigenvalue weighted by Gasteiger charge is -2.15. The lowest BCUT2D eigenvalue weighted by molar-refractivity contribution is 1.18. The Morgan fingerprint density at radius 3 is 1.56 bits per heavy atom. The number of para-hydroxylation sites is 3. The lowest BCUT2D eigenvalue weighted by atomic mass is 9.91. The molecule has 8 aromatic carbocycles. The Bertz CT molecular complexity index is 3070. The zero-order valence-corrected chi connectivity index (χ0v) is 27.2. The van der Waals surface area contributed by atoms with Crippen LogP contribution in [0.5, 0.6) is 0 Å². The van der Waals surface area contributed by atoms with Gasteiger partial charge in [0.2, 0.25) is 0 Å². The van der Waals surface area contributed by atoms with Crippen molar-refractivity contribution < 1.29 is 0 Å². The first-order valence-corrected chi connectivity index (χ1v) is 17.3. The molecule has 2 heteroatoms. The van der Waals surface area contributed by atoms with Crippen molar-refractivity contribution in [3.8, 4) is 39.1 Å². The van der Waals surface area contributed by atoms with Crippen molar-refractivity contribution in [1.29, 1.82) is 0 Å². The Morgan fingerprint density at radius 2 is 0.820 bits per heavy atom. The molecule has 11 aromatic rings. The number of nitrogens with zero attached hydrogens (tertiary/aromatic N) is 2. The zero-order chi connectivity index (χ0) is 32.8. The van der Waals surface area contributed by atoms with Crippen molar-refractivity contribution in [2.45, 2.75) is 0 Å². The van der Waals surface area contributed by atoms with Crippen LogP contribution in [0.25, 0.3) is 99.0 Å². The fourth-order valence-electron chi connectivity index (χ4n) is 8.59. The van der Waals surface area contributed by atoms with Gasteiger partial charge in [0.1, 0.15) is 0 Å². The third kappa shape index (κ3) is 3.73. The van der Waals surface area contributed by atoms with Crippen LogP contribution in [0.3, 0.4) is 0 Å². The van der Waals surface area contributed by atoms with E-state index < -0.39 is 0 Å². The standard InChI is InChI=1S/C48H30N2/c1-3-15-31(16-4-1)35-21-7-8-22-36(35)32-17-13-18-33(29-32)40-30-41-38-24-10-12-27-43(38)50-42-26-11-9-23-37(42)39-25-14-28-44-45(39)46(48(41)50)47(40)49(44)34-19-5-2-6-20-34/h1-30H. The minimum absolute atomic E-state index is 1.16. The Balaban J connectivity index is 1.34. The molecule has 0 unspecified atom stereocenters. The number of hydrogen-bond acceptors (Lipinski definition) is 0. The van der Waals surface area contributed by atoms with Gasteiger partial charge in [0.15, 0.2) is 0 Å². The van der Waals surface area contributed by atoms with Gasteiger partial charge in [-0.3, -0.25) is 0 Å². The van der Waals surface area contributed by atoms with Crippen LogP contribution in [0.4, 0.5) is 0 Å². The Hall–Kier alpha value is -6.64. The van der Waals surface area contributed by atoms with Gasteiger partial charge < -0.3 is 8.97 Å². The summed E-state index contributed by atoms with van der Waals surface area (Å²) in [5, 5.41) is 7.68. The molecule has 0 spiro atoms. The number of fused-ring (bicyclic) bond motifs is 6. The highest BCUT2D eigenvalue weighted by molar-refractivity contribution is 6.35. The average Bonchev–Trinajstić information content (AvgIpc) is 3.67. The minimum Gasteiger partial charge on any atom is -0.309 e. The van der Waals surface area contributed by atoms with Gasteiger partial charge in [-0.1, -0.05) is 140 Å². The molecule has 11 rings (SSSR count). The van der Waals surface area contributed by atoms with Crippen molar-refractivity contribution in [3.05, 3.63) is 182 Å². The molecule has 0 aliphatic rings. The Labute approximate surface area is 289 Å². The van der Waals surface area contributed by atoms with Crippen LogP contribution in [0.15, 0.2) is 182 Å². The third-order valence-corrected chi connectivity index (χ3v) is 10.6. The van der Waals surface area contributed by atoms with Crippen molar-refractivity contribution in [2.24, 2.45) is 0 Å². The molecule has 0 amide bonds. The van der Waals surface area contributed by atoms with Crippen LogP contribution in [0, 0.1) is 0 Å². The molecule has 0 N–H and O–H groups in total. The molecule has 0 fully saturated rings. The van der Waals surface area contributed by atoms with E-state index in [0.717, 1.165) is 5.69 Å². The number of rotatable bonds is 4. The fourth-order valence-corrected chi connectivity index (χ4v) is 8.59. The monoisotopic (exact) mass is 634 g/mol. The minimum atomic E-state index is 1.16. The van der Waals surface area contributed by atoms with E-state index in [4.69, 9.17) is 0 Å². The maximum atomic E-state index is 2.52. The summed E-state index contributed by atoms with van der Waals surface area (Å²) in [6.07, 6.45) is 0. The molecular formula is C48H30N2. The molecule has 232 valence electrons. The maximum Gasteiger partial charge on any atom is 0.0642 e. The van der Waals surface area contributed by atoms with Crippen LogP contribution < -0.4 is 0 Å². The van der Waals surface area contributed by atoms with Gasteiger partial charge in [-0.05, 0) is 75.7 Å². The maximum absolute atomic E-state index is 2.52. The van der Waals surface area contributed by atoms with Crippen LogP contribution >= 0.6 is 0 Å². The second-order valence-electron chi connectivity index (χ2n) is 13.3. The summed E-state index contributed by atoms with van der Waals surface area (Å²) in [4.78, 5) is 0. The van der Waals surface area contributed by atoms with E-state index in [0.29, 0.717) is 0 Å². The van der Waals surface area contributed by atoms with Gasteiger partial charge in [-0.25, -0.2) is 0 Å². The van der Waals surface area contributed by atoms with Crippen molar-refractivity contribution >= 4 is 59.9 Å². The van der Waals surface area contributed by atoms with E-state index in [1.165, 1.54) is 93.3 Å². The molecule has 0 saturated carbocycles. The summed E-state index contributed by atoms with van der Waals surface area (Å²) >= 11 is 0. The SMILES string of the molecule is c1ccc(-c2ccccc2-c2cccc(-c3cc4c5ccccc5n5c6ccccc6c6cccc7c6c(c3n7-c3ccccc3)c45)c2)cc1. The first-order valence-electron chi connectivity index (χ1n) is 17.3. The highest BCUT2D eigenvalue weighted by Crippen LogP contribution is 2.49. The summed E-state index contributed by atoms with van der Waals surface area (Å²) < 4.78 is 5.02. The van der Waals surface area contributed by atoms with Crippen molar-refractivity contribution in [1.82, 2.24) is 8.97 Å². The van der Waals surface area contributed by atoms with Crippen molar-refractivity contribution in [3.63, 3.8) is 0 Å². The Morgan fingerprint density at radius 1 is 0.300 bits per heavy atom. The van der Waals surface area contributed by atoms with E-state index >= 15 is 0 Å². The molecule has 3 aromatic heterocycles. The highest BCUT2D eigenvalue weighted by atomic mass is 15.0. The van der Waals surface area contributed by atoms with E-state index in [1.807, 2.05) is 0 Å². The average molecular weight is 635 g/mol. The van der Waals surface area contributed by atoms with E-state index in [9.17, 15) is 0 Å². The molecule has 0 saturated heterocycles. The van der Waals surface area contributed by atoms with Crippen LogP contribution in [-0.4, -0.2) is 8.97 Å². The topological polar surface area (TPSA) is 9.34 Å². The largest absolute Gasteiger partial charge is 0.309 e. The normalized spacial score (nSPS) is 12.0. The Kier molecular flexibility index (Phi) is 5.70. The summed E-state index contributed by atoms with van der Waals surface area (Å²) in [6, 6.07) is 66.6. The van der Waals surface area contributed by atoms with E-state index in [2.05, 4.69) is 191 Å². The van der Waals surface area contributed by atoms with Gasteiger partial charge in [-0.2, -0.15) is 0 Å². The lowest BCUT2D eigenvalue weighted by Crippen LogP contribution is -1.96. The smallest absolute Gasteiger partial charge is 0.0642 e. The van der Waals surface area contributed by atoms with Gasteiger partial charge >= 0.3 is 0 Å². The van der Waals surface area contributed by atoms with Crippen LogP contribution in [0.2, 0.25) is 0 Å². The van der Waals surface area contributed by atoms with E-state index in [1.54, 1.807) is 0 Å². The molecule has 3 heterocycles. The first kappa shape index (κ1) is 27.3. The number of aromatic nitrogens is 2. The second kappa shape index (κ2) is 10.4. The first-order chi connectivity index (χ1) is 24.8. The van der Waals surface area contributed by atoms with E-state index in [-0.39, 0.29) is 0 Å². The summed E-state index contributed by atoms with van der Waals surface area (Å²) in [6.45, 7) is 0. The second-order valence-corrected chi connectivity index (χ2v) is 13.3. The van der Waals surface area contributed by atoms with Crippen LogP contribution in [-0.2, 0) is 0 Å². The molecule has 2 nitrogen and oxygen atoms in total. The summed E-state index contributed by atoms with van der Waals surface area (Å²) in [5.41, 5.74) is 14.7. The molecule has 0 radical (unpaired) electrons. The predicted molar refractivity (Wildman–Crippen MR) is 212 cm³/mol. The quantitative estimate of drug-likeness (QED) is 0.182. The molecule has 0 aliphatic carbocycles. The summed E-state index contributed by atoms with van der Waals surface area (Å²) in [7, 11) is 0. The molecule has 0 bridgehead atoms. The molecule has 50 heavy (non-hydrogen) atoms. The zero-order valence-electron chi connectivity index (χ0n) is 27.2. The van der Waals surface area contributed by atoms with Gasteiger partial charge in [0.25, 0.3) is 0 Å². The number of benzene rings is 8. The van der Waals surface area contributed by atoms with Gasteiger partial charge in [0.05, 0.1) is 27.6 Å². The van der Waals surface area contributed by atoms with Crippen molar-refractivity contribution in [2.75, 3.05) is 0 Å². The fraction of sp³-hybridized carbons (Fsp3) is 0. The van der Waals surface area contributed by atoms with Crippen LogP contribution in [0.1, 0.15) is 0 Å².